The first-order chi connectivity index (χ1) is 18.2. The molecule has 0 aliphatic rings. The second-order valence-corrected chi connectivity index (χ2v) is 8.74. The van der Waals surface area contributed by atoms with E-state index in [4.69, 9.17) is 15.2 Å². The Morgan fingerprint density at radius 2 is 1.43 bits per heavy atom. The number of anilines is 3. The number of nitrogen functional groups attached to an aromatic ring is 1. The van der Waals surface area contributed by atoms with Gasteiger partial charge in [0.2, 0.25) is 0 Å². The Hall–Kier alpha value is -5.03. The van der Waals surface area contributed by atoms with E-state index in [1.54, 1.807) is 13.3 Å². The van der Waals surface area contributed by atoms with E-state index in [1.807, 2.05) is 72.8 Å². The van der Waals surface area contributed by atoms with Crippen LogP contribution in [0.25, 0.3) is 32.7 Å². The lowest BCUT2D eigenvalue weighted by molar-refractivity contribution is 0.415. The molecule has 6 aromatic rings. The average Bonchev–Trinajstić information content (AvgIpc) is 2.95. The van der Waals surface area contributed by atoms with Crippen molar-refractivity contribution in [2.45, 2.75) is 0 Å². The van der Waals surface area contributed by atoms with Gasteiger partial charge in [0.15, 0.2) is 0 Å². The Morgan fingerprint density at radius 3 is 2.30 bits per heavy atom. The van der Waals surface area contributed by atoms with Crippen LogP contribution in [0.1, 0.15) is 0 Å². The maximum absolute atomic E-state index is 6.28. The van der Waals surface area contributed by atoms with Gasteiger partial charge in [-0.3, -0.25) is 0 Å². The Bertz CT molecular complexity index is 1750. The Balaban J connectivity index is 1.36. The van der Waals surface area contributed by atoms with E-state index >= 15 is 0 Å². The van der Waals surface area contributed by atoms with Crippen LogP contribution >= 0.6 is 0 Å². The molecule has 180 valence electrons. The van der Waals surface area contributed by atoms with Crippen molar-refractivity contribution in [3.63, 3.8) is 0 Å². The number of hydrogen-bond donors (Lipinski definition) is 2. The molecule has 0 aliphatic heterocycles. The van der Waals surface area contributed by atoms with E-state index in [0.29, 0.717) is 11.6 Å². The molecule has 5 nitrogen and oxygen atoms in total. The maximum Gasteiger partial charge on any atom is 0.135 e. The molecule has 0 amide bonds. The van der Waals surface area contributed by atoms with Gasteiger partial charge in [0, 0.05) is 40.0 Å². The molecule has 5 aromatic carbocycles. The van der Waals surface area contributed by atoms with Crippen LogP contribution in [0.4, 0.5) is 17.2 Å². The number of aromatic nitrogens is 1. The van der Waals surface area contributed by atoms with Crippen LogP contribution in [0.15, 0.2) is 115 Å². The highest BCUT2D eigenvalue weighted by Gasteiger charge is 2.12. The van der Waals surface area contributed by atoms with Crippen LogP contribution in [0.5, 0.6) is 17.2 Å². The lowest BCUT2D eigenvalue weighted by atomic mass is 9.96. The molecule has 37 heavy (non-hydrogen) atoms. The van der Waals surface area contributed by atoms with E-state index < -0.39 is 0 Å². The largest absolute Gasteiger partial charge is 0.497 e. The molecule has 1 heterocycles. The number of methoxy groups -OCH3 is 1. The minimum absolute atomic E-state index is 0.678. The highest BCUT2D eigenvalue weighted by molar-refractivity contribution is 6.01. The molecule has 0 fully saturated rings. The summed E-state index contributed by atoms with van der Waals surface area (Å²) in [5.74, 6) is 2.91. The van der Waals surface area contributed by atoms with Gasteiger partial charge < -0.3 is 20.5 Å². The third kappa shape index (κ3) is 4.39. The van der Waals surface area contributed by atoms with Crippen molar-refractivity contribution in [3.05, 3.63) is 115 Å². The minimum Gasteiger partial charge on any atom is -0.497 e. The van der Waals surface area contributed by atoms with Crippen LogP contribution < -0.4 is 20.5 Å². The van der Waals surface area contributed by atoms with Crippen LogP contribution in [-0.4, -0.2) is 12.1 Å². The summed E-state index contributed by atoms with van der Waals surface area (Å²) >= 11 is 0. The molecule has 0 atom stereocenters. The van der Waals surface area contributed by atoms with Crippen molar-refractivity contribution in [2.24, 2.45) is 0 Å². The van der Waals surface area contributed by atoms with Crippen molar-refractivity contribution in [1.82, 2.24) is 4.98 Å². The normalized spacial score (nSPS) is 10.9. The number of ether oxygens (including phenoxy) is 2. The lowest BCUT2D eigenvalue weighted by Crippen LogP contribution is -1.97. The van der Waals surface area contributed by atoms with E-state index in [0.717, 1.165) is 55.5 Å². The van der Waals surface area contributed by atoms with Crippen molar-refractivity contribution >= 4 is 38.7 Å². The highest BCUT2D eigenvalue weighted by atomic mass is 16.5. The summed E-state index contributed by atoms with van der Waals surface area (Å²) in [6.07, 6.45) is 1.74. The number of rotatable bonds is 6. The van der Waals surface area contributed by atoms with Gasteiger partial charge in [-0.15, -0.1) is 0 Å². The Labute approximate surface area is 215 Å². The fourth-order valence-electron chi connectivity index (χ4n) is 4.64. The number of fused-ring (bicyclic) bond motifs is 2. The molecule has 0 bridgehead atoms. The molecule has 3 N–H and O–H groups in total. The van der Waals surface area contributed by atoms with Gasteiger partial charge in [0.05, 0.1) is 7.11 Å². The second-order valence-electron chi connectivity index (χ2n) is 8.74. The Kier molecular flexibility index (Phi) is 5.79. The quantitative estimate of drug-likeness (QED) is 0.234. The first-order valence-electron chi connectivity index (χ1n) is 12.0. The second kappa shape index (κ2) is 9.55. The average molecular weight is 484 g/mol. The summed E-state index contributed by atoms with van der Waals surface area (Å²) in [4.78, 5) is 4.55. The summed E-state index contributed by atoms with van der Waals surface area (Å²) in [6.45, 7) is 0. The molecule has 0 spiro atoms. The number of pyridine rings is 1. The fourth-order valence-corrected chi connectivity index (χ4v) is 4.64. The zero-order valence-electron chi connectivity index (χ0n) is 20.3. The first-order valence-corrected chi connectivity index (χ1v) is 12.0. The molecule has 0 radical (unpaired) electrons. The summed E-state index contributed by atoms with van der Waals surface area (Å²) in [7, 11) is 1.69. The predicted molar refractivity (Wildman–Crippen MR) is 152 cm³/mol. The van der Waals surface area contributed by atoms with E-state index in [-0.39, 0.29) is 0 Å². The van der Waals surface area contributed by atoms with Crippen molar-refractivity contribution in [1.29, 1.82) is 0 Å². The molecule has 6 rings (SSSR count). The number of hydrogen-bond acceptors (Lipinski definition) is 5. The lowest BCUT2D eigenvalue weighted by Gasteiger charge is -2.16. The summed E-state index contributed by atoms with van der Waals surface area (Å²) in [6, 6.07) is 36.1. The van der Waals surface area contributed by atoms with Gasteiger partial charge in [0.1, 0.15) is 23.1 Å². The van der Waals surface area contributed by atoms with E-state index in [1.165, 1.54) is 0 Å². The van der Waals surface area contributed by atoms with Crippen LogP contribution in [0, 0.1) is 0 Å². The van der Waals surface area contributed by atoms with Gasteiger partial charge >= 0.3 is 0 Å². The topological polar surface area (TPSA) is 69.4 Å². The molecular weight excluding hydrogens is 458 g/mol. The van der Waals surface area contributed by atoms with Gasteiger partial charge in [-0.25, -0.2) is 4.98 Å². The van der Waals surface area contributed by atoms with Crippen LogP contribution in [0.2, 0.25) is 0 Å². The zero-order valence-corrected chi connectivity index (χ0v) is 20.3. The SMILES string of the molecule is COc1cc(-c2ccccc2Nc2cc(Oc3ccc(N)c4ccccc34)ccn2)c2ccccc2c1. The van der Waals surface area contributed by atoms with Crippen LogP contribution in [0.3, 0.4) is 0 Å². The standard InChI is InChI=1S/C32H25N3O2/c1-36-23-18-21-8-2-3-9-24(21)28(19-23)26-11-6-7-13-30(26)35-32-20-22(16-17-34-32)37-31-15-14-29(33)25-10-4-5-12-27(25)31/h2-20H,33H2,1H3,(H,34,35). The summed E-state index contributed by atoms with van der Waals surface area (Å²) in [5.41, 5.74) is 9.95. The van der Waals surface area contributed by atoms with Gasteiger partial charge in [-0.05, 0) is 52.7 Å². The van der Waals surface area contributed by atoms with Crippen molar-refractivity contribution < 1.29 is 9.47 Å². The number of nitrogens with two attached hydrogens (primary N) is 1. The smallest absolute Gasteiger partial charge is 0.135 e. The van der Waals surface area contributed by atoms with Crippen LogP contribution in [-0.2, 0) is 0 Å². The molecule has 0 saturated carbocycles. The fraction of sp³-hybridized carbons (Fsp3) is 0.0312. The minimum atomic E-state index is 0.678. The molecule has 0 unspecified atom stereocenters. The first kappa shape index (κ1) is 22.4. The molecule has 1 aromatic heterocycles. The number of benzene rings is 5. The third-order valence-electron chi connectivity index (χ3n) is 6.43. The number of nitrogens with one attached hydrogen (secondary N) is 1. The van der Waals surface area contributed by atoms with Gasteiger partial charge in [0.25, 0.3) is 0 Å². The van der Waals surface area contributed by atoms with E-state index in [2.05, 4.69) is 46.7 Å². The Morgan fingerprint density at radius 1 is 0.676 bits per heavy atom. The van der Waals surface area contributed by atoms with Gasteiger partial charge in [-0.2, -0.15) is 0 Å². The molecular formula is C32H25N3O2. The predicted octanol–water partition coefficient (Wildman–Crippen LogP) is 8.18. The number of nitrogens with zero attached hydrogens (tertiary/aromatic N) is 1. The third-order valence-corrected chi connectivity index (χ3v) is 6.43. The molecule has 0 aliphatic carbocycles. The maximum atomic E-state index is 6.28. The number of para-hydroxylation sites is 1. The van der Waals surface area contributed by atoms with Crippen molar-refractivity contribution in [2.75, 3.05) is 18.2 Å². The zero-order chi connectivity index (χ0) is 25.2. The van der Waals surface area contributed by atoms with Gasteiger partial charge in [-0.1, -0.05) is 66.7 Å². The summed E-state index contributed by atoms with van der Waals surface area (Å²) in [5, 5.41) is 7.69. The molecule has 5 heteroatoms. The van der Waals surface area contributed by atoms with Crippen molar-refractivity contribution in [3.8, 4) is 28.4 Å². The summed E-state index contributed by atoms with van der Waals surface area (Å²) < 4.78 is 11.9. The highest BCUT2D eigenvalue weighted by Crippen LogP contribution is 2.38. The monoisotopic (exact) mass is 483 g/mol. The van der Waals surface area contributed by atoms with E-state index in [9.17, 15) is 0 Å². The molecule has 0 saturated heterocycles.